The lowest BCUT2D eigenvalue weighted by Crippen LogP contribution is -2.17. The van der Waals surface area contributed by atoms with Crippen LogP contribution in [0.1, 0.15) is 16.7 Å². The first-order valence-electron chi connectivity index (χ1n) is 4.76. The lowest BCUT2D eigenvalue weighted by Gasteiger charge is -2.10. The lowest BCUT2D eigenvalue weighted by atomic mass is 9.69. The van der Waals surface area contributed by atoms with Crippen LogP contribution in [0.3, 0.4) is 0 Å². The van der Waals surface area contributed by atoms with E-state index < -0.39 is 0 Å². The van der Waals surface area contributed by atoms with Crippen molar-refractivity contribution in [2.24, 2.45) is 5.73 Å². The molecular formula is C11H14BN. The zero-order valence-electron chi connectivity index (χ0n) is 8.06. The van der Waals surface area contributed by atoms with Crippen LogP contribution in [-0.2, 0) is 6.42 Å². The molecule has 1 heterocycles. The average molecular weight is 171 g/mol. The van der Waals surface area contributed by atoms with Crippen LogP contribution in [-0.4, -0.2) is 7.28 Å². The Labute approximate surface area is 79.9 Å². The second-order valence-electron chi connectivity index (χ2n) is 3.75. The fraction of sp³-hybridized carbons (Fsp3) is 0.273. The molecule has 2 rings (SSSR count). The first kappa shape index (κ1) is 8.42. The maximum atomic E-state index is 5.71. The smallest absolute Gasteiger partial charge is 0.158 e. The van der Waals surface area contributed by atoms with Crippen LogP contribution in [0.25, 0.3) is 5.70 Å². The minimum atomic E-state index is 0.687. The summed E-state index contributed by atoms with van der Waals surface area (Å²) in [6.07, 6.45) is 2.52. The Kier molecular flexibility index (Phi) is 1.91. The maximum absolute atomic E-state index is 5.71. The zero-order valence-corrected chi connectivity index (χ0v) is 8.06. The summed E-state index contributed by atoms with van der Waals surface area (Å²) in [5.74, 6) is 0. The molecule has 0 saturated carbocycles. The van der Waals surface area contributed by atoms with E-state index in [1.165, 1.54) is 36.6 Å². The van der Waals surface area contributed by atoms with Gasteiger partial charge in [0.2, 0.25) is 0 Å². The van der Waals surface area contributed by atoms with E-state index in [1.807, 2.05) is 0 Å². The first-order valence-corrected chi connectivity index (χ1v) is 4.76. The van der Waals surface area contributed by atoms with Crippen molar-refractivity contribution >= 4 is 18.4 Å². The van der Waals surface area contributed by atoms with Gasteiger partial charge in [0.1, 0.15) is 0 Å². The zero-order chi connectivity index (χ0) is 9.42. The lowest BCUT2D eigenvalue weighted by molar-refractivity contribution is 1.17. The number of nitrogens with two attached hydrogens (primary N) is 1. The Morgan fingerprint density at radius 1 is 1.54 bits per heavy atom. The van der Waals surface area contributed by atoms with Crippen LogP contribution >= 0.6 is 0 Å². The minimum absolute atomic E-state index is 0.687. The van der Waals surface area contributed by atoms with Gasteiger partial charge in [0.25, 0.3) is 0 Å². The summed E-state index contributed by atoms with van der Waals surface area (Å²) in [4.78, 5) is 0. The quantitative estimate of drug-likeness (QED) is 0.625. The van der Waals surface area contributed by atoms with E-state index in [4.69, 9.17) is 5.73 Å². The van der Waals surface area contributed by atoms with E-state index >= 15 is 0 Å². The molecule has 0 unspecified atom stereocenters. The summed E-state index contributed by atoms with van der Waals surface area (Å²) in [5, 5.41) is 0. The van der Waals surface area contributed by atoms with Crippen molar-refractivity contribution < 1.29 is 0 Å². The third-order valence-corrected chi connectivity index (χ3v) is 2.91. The van der Waals surface area contributed by atoms with Gasteiger partial charge in [-0.2, -0.15) is 0 Å². The highest BCUT2D eigenvalue weighted by Crippen LogP contribution is 2.18. The molecule has 1 nitrogen and oxygen atoms in total. The summed E-state index contributed by atoms with van der Waals surface area (Å²) in [7, 11) is 1.21. The molecule has 0 spiro atoms. The Morgan fingerprint density at radius 2 is 2.31 bits per heavy atom. The van der Waals surface area contributed by atoms with Crippen molar-refractivity contribution in [3.05, 3.63) is 35.4 Å². The second-order valence-corrected chi connectivity index (χ2v) is 3.75. The van der Waals surface area contributed by atoms with E-state index in [0.717, 1.165) is 5.56 Å². The highest BCUT2D eigenvalue weighted by atomic mass is 14.6. The van der Waals surface area contributed by atoms with Crippen LogP contribution in [0, 0.1) is 6.92 Å². The molecule has 0 amide bonds. The molecule has 2 N–H and O–H groups in total. The van der Waals surface area contributed by atoms with Gasteiger partial charge in [-0.25, -0.2) is 0 Å². The molecule has 1 aromatic carbocycles. The van der Waals surface area contributed by atoms with Crippen molar-refractivity contribution in [2.45, 2.75) is 19.7 Å². The molecule has 0 atom stereocenters. The number of rotatable bonds is 1. The van der Waals surface area contributed by atoms with Gasteiger partial charge in [0.05, 0.1) is 0 Å². The molecule has 0 aliphatic carbocycles. The molecule has 0 radical (unpaired) electrons. The van der Waals surface area contributed by atoms with Gasteiger partial charge in [-0.1, -0.05) is 36.1 Å². The summed E-state index contributed by atoms with van der Waals surface area (Å²) < 4.78 is 0. The van der Waals surface area contributed by atoms with E-state index in [0.29, 0.717) is 5.70 Å². The van der Waals surface area contributed by atoms with Crippen LogP contribution < -0.4 is 11.2 Å². The molecule has 1 aliphatic rings. The monoisotopic (exact) mass is 171 g/mol. The molecule has 66 valence electrons. The summed E-state index contributed by atoms with van der Waals surface area (Å²) >= 11 is 0. The standard InChI is InChI=1S/C11H14BN/c1-7-10(8(2)13)4-3-9-5-6-12-11(7)9/h3-4,12H,2,5-6,13H2,1H3. The topological polar surface area (TPSA) is 26.0 Å². The third-order valence-electron chi connectivity index (χ3n) is 2.91. The van der Waals surface area contributed by atoms with Crippen LogP contribution in [0.5, 0.6) is 0 Å². The molecule has 13 heavy (non-hydrogen) atoms. The number of fused-ring (bicyclic) bond motifs is 1. The number of benzene rings is 1. The molecule has 0 fully saturated rings. The Bertz CT molecular complexity index is 369. The van der Waals surface area contributed by atoms with Crippen LogP contribution in [0.2, 0.25) is 6.32 Å². The fourth-order valence-electron chi connectivity index (χ4n) is 2.20. The highest BCUT2D eigenvalue weighted by molar-refractivity contribution is 6.56. The predicted molar refractivity (Wildman–Crippen MR) is 59.7 cm³/mol. The molecule has 0 bridgehead atoms. The fourth-order valence-corrected chi connectivity index (χ4v) is 2.20. The first-order chi connectivity index (χ1) is 6.20. The van der Waals surface area contributed by atoms with Gasteiger partial charge in [0, 0.05) is 5.70 Å². The normalized spacial score (nSPS) is 13.6. The summed E-state index contributed by atoms with van der Waals surface area (Å²) in [6.45, 7) is 5.94. The number of hydrogen-bond donors (Lipinski definition) is 1. The molecule has 2 heteroatoms. The van der Waals surface area contributed by atoms with Crippen molar-refractivity contribution in [3.63, 3.8) is 0 Å². The average Bonchev–Trinajstić information content (AvgIpc) is 2.52. The number of hydrogen-bond acceptors (Lipinski definition) is 1. The summed E-state index contributed by atoms with van der Waals surface area (Å²) in [6, 6.07) is 4.30. The van der Waals surface area contributed by atoms with Crippen molar-refractivity contribution in [1.29, 1.82) is 0 Å². The van der Waals surface area contributed by atoms with Crippen molar-refractivity contribution in [2.75, 3.05) is 0 Å². The number of aryl methyl sites for hydroxylation is 1. The largest absolute Gasteiger partial charge is 0.399 e. The van der Waals surface area contributed by atoms with E-state index in [-0.39, 0.29) is 0 Å². The molecular weight excluding hydrogens is 157 g/mol. The van der Waals surface area contributed by atoms with Crippen molar-refractivity contribution in [3.8, 4) is 0 Å². The third kappa shape index (κ3) is 1.26. The van der Waals surface area contributed by atoms with E-state index in [9.17, 15) is 0 Å². The Balaban J connectivity index is 2.59. The summed E-state index contributed by atoms with van der Waals surface area (Å²) in [5.41, 5.74) is 11.9. The van der Waals surface area contributed by atoms with E-state index in [1.54, 1.807) is 0 Å². The van der Waals surface area contributed by atoms with Gasteiger partial charge < -0.3 is 5.73 Å². The van der Waals surface area contributed by atoms with Gasteiger partial charge in [0.15, 0.2) is 7.28 Å². The molecule has 1 aromatic rings. The maximum Gasteiger partial charge on any atom is 0.158 e. The molecule has 0 aromatic heterocycles. The van der Waals surface area contributed by atoms with Gasteiger partial charge in [-0.15, -0.1) is 0 Å². The van der Waals surface area contributed by atoms with E-state index in [2.05, 4.69) is 25.6 Å². The van der Waals surface area contributed by atoms with Gasteiger partial charge in [-0.3, -0.25) is 0 Å². The van der Waals surface area contributed by atoms with Gasteiger partial charge >= 0.3 is 0 Å². The van der Waals surface area contributed by atoms with Gasteiger partial charge in [-0.05, 0) is 24.5 Å². The highest BCUT2D eigenvalue weighted by Gasteiger charge is 2.16. The SMILES string of the molecule is C=C(N)c1ccc2c(c1C)BCC2. The van der Waals surface area contributed by atoms with Crippen LogP contribution in [0.4, 0.5) is 0 Å². The van der Waals surface area contributed by atoms with Crippen LogP contribution in [0.15, 0.2) is 18.7 Å². The molecule has 0 saturated heterocycles. The minimum Gasteiger partial charge on any atom is -0.399 e. The Hall–Kier alpha value is -1.18. The molecule has 1 aliphatic heterocycles. The van der Waals surface area contributed by atoms with Crippen molar-refractivity contribution in [1.82, 2.24) is 0 Å². The predicted octanol–water partition coefficient (Wildman–Crippen LogP) is 0.961. The second kappa shape index (κ2) is 2.95. The Morgan fingerprint density at radius 3 is 3.00 bits per heavy atom.